The third-order valence-electron chi connectivity index (χ3n) is 10.1. The molecule has 0 radical (unpaired) electrons. The maximum atomic E-state index is 16.3. The number of aryl methyl sites for hydroxylation is 1. The van der Waals surface area contributed by atoms with Gasteiger partial charge < -0.3 is 15.0 Å². The van der Waals surface area contributed by atoms with E-state index in [1.54, 1.807) is 10.6 Å². The van der Waals surface area contributed by atoms with Gasteiger partial charge in [0, 0.05) is 50.4 Å². The highest BCUT2D eigenvalue weighted by Gasteiger charge is 2.42. The van der Waals surface area contributed by atoms with Gasteiger partial charge in [-0.3, -0.25) is 14.4 Å². The molecule has 4 aliphatic rings. The van der Waals surface area contributed by atoms with Crippen LogP contribution in [-0.2, 0) is 28.3 Å². The fourth-order valence-electron chi connectivity index (χ4n) is 7.22. The molecule has 0 amide bonds. The summed E-state index contributed by atoms with van der Waals surface area (Å²) < 4.78 is 54.7. The van der Waals surface area contributed by atoms with Crippen LogP contribution in [0.1, 0.15) is 68.1 Å². The third kappa shape index (κ3) is 6.07. The lowest BCUT2D eigenvalue weighted by atomic mass is 9.75. The average molecular weight is 648 g/mol. The van der Waals surface area contributed by atoms with Gasteiger partial charge in [0.15, 0.2) is 5.66 Å². The summed E-state index contributed by atoms with van der Waals surface area (Å²) in [5, 5.41) is 13.9. The first kappa shape index (κ1) is 32.8. The zero-order chi connectivity index (χ0) is 33.2. The van der Waals surface area contributed by atoms with Gasteiger partial charge in [0.05, 0.1) is 22.4 Å². The van der Waals surface area contributed by atoms with E-state index in [1.807, 2.05) is 0 Å². The van der Waals surface area contributed by atoms with Crippen molar-refractivity contribution in [1.82, 2.24) is 19.4 Å². The van der Waals surface area contributed by atoms with Gasteiger partial charge >= 0.3 is 0 Å². The number of hydrogen-bond acceptors (Lipinski definition) is 8. The largest absolute Gasteiger partial charge is 0.381 e. The van der Waals surface area contributed by atoms with Crippen molar-refractivity contribution >= 4 is 23.6 Å². The molecule has 0 saturated carbocycles. The van der Waals surface area contributed by atoms with Crippen LogP contribution in [0.15, 0.2) is 53.0 Å². The summed E-state index contributed by atoms with van der Waals surface area (Å²) in [4.78, 5) is 29.5. The van der Waals surface area contributed by atoms with Crippen LogP contribution < -0.4 is 10.9 Å². The molecule has 9 nitrogen and oxygen atoms in total. The van der Waals surface area contributed by atoms with E-state index in [0.717, 1.165) is 45.0 Å². The Balaban J connectivity index is 1.52. The van der Waals surface area contributed by atoms with Gasteiger partial charge in [0.2, 0.25) is 0 Å². The highest BCUT2D eigenvalue weighted by Crippen LogP contribution is 2.42. The molecule has 0 spiro atoms. The van der Waals surface area contributed by atoms with Crippen LogP contribution >= 0.6 is 0 Å². The molecule has 47 heavy (non-hydrogen) atoms. The number of fused-ring (bicyclic) bond motifs is 8. The predicted octanol–water partition coefficient (Wildman–Crippen LogP) is 6.03. The Labute approximate surface area is 272 Å². The molecule has 1 N–H and O–H groups in total. The molecule has 248 valence electrons. The summed E-state index contributed by atoms with van der Waals surface area (Å²) in [6.45, 7) is 11.0. The minimum atomic E-state index is -3.41. The van der Waals surface area contributed by atoms with E-state index >= 15 is 13.2 Å². The van der Waals surface area contributed by atoms with Crippen molar-refractivity contribution in [3.63, 3.8) is 0 Å². The summed E-state index contributed by atoms with van der Waals surface area (Å²) in [5.74, 6) is -4.22. The monoisotopic (exact) mass is 647 g/mol. The van der Waals surface area contributed by atoms with Crippen LogP contribution in [0.2, 0.25) is 0 Å². The van der Waals surface area contributed by atoms with Crippen molar-refractivity contribution in [3.05, 3.63) is 76.1 Å². The molecule has 6 heterocycles. The molecule has 1 aromatic carbocycles. The van der Waals surface area contributed by atoms with Crippen LogP contribution in [0, 0.1) is 23.1 Å². The minimum Gasteiger partial charge on any atom is -0.381 e. The fraction of sp³-hybridized carbons (Fsp3) is 0.514. The molecule has 2 aromatic heterocycles. The first-order valence-electron chi connectivity index (χ1n) is 16.3. The summed E-state index contributed by atoms with van der Waals surface area (Å²) in [7, 11) is 0. The highest BCUT2D eigenvalue weighted by molar-refractivity contribution is 5.88. The lowest BCUT2D eigenvalue weighted by Crippen LogP contribution is -2.47. The van der Waals surface area contributed by atoms with Gasteiger partial charge in [0.1, 0.15) is 23.6 Å². The summed E-state index contributed by atoms with van der Waals surface area (Å²) in [5.41, 5.74) is -3.46. The van der Waals surface area contributed by atoms with E-state index in [0.29, 0.717) is 62.0 Å². The van der Waals surface area contributed by atoms with Gasteiger partial charge in [0.25, 0.3) is 11.5 Å². The first-order chi connectivity index (χ1) is 22.7. The number of hydrogen-bond donors (Lipinski definition) is 1. The van der Waals surface area contributed by atoms with E-state index < -0.39 is 34.8 Å². The number of pyridine rings is 1. The number of halogens is 3. The molecule has 3 aromatic rings. The minimum absolute atomic E-state index is 0.142. The Kier molecular flexibility index (Phi) is 9.23. The second-order valence-corrected chi connectivity index (χ2v) is 13.0. The van der Waals surface area contributed by atoms with Gasteiger partial charge in [-0.15, -0.1) is 0 Å². The van der Waals surface area contributed by atoms with Crippen molar-refractivity contribution in [1.29, 1.82) is 5.26 Å². The number of nitrogens with one attached hydrogen (secondary N) is 1. The van der Waals surface area contributed by atoms with Crippen LogP contribution in [0.3, 0.4) is 0 Å². The van der Waals surface area contributed by atoms with Gasteiger partial charge in [-0.25, -0.2) is 23.1 Å². The highest BCUT2D eigenvalue weighted by atomic mass is 19.3. The van der Waals surface area contributed by atoms with E-state index in [-0.39, 0.29) is 22.9 Å². The van der Waals surface area contributed by atoms with E-state index in [9.17, 15) is 10.1 Å². The lowest BCUT2D eigenvalue weighted by Gasteiger charge is -2.40. The smallest absolute Gasteiger partial charge is 0.276 e. The number of alkyl halides is 2. The Morgan fingerprint density at radius 2 is 1.79 bits per heavy atom. The number of aliphatic imine (C=N–C) groups is 1. The van der Waals surface area contributed by atoms with Gasteiger partial charge in [-0.2, -0.15) is 5.26 Å². The first-order valence-corrected chi connectivity index (χ1v) is 16.3. The Morgan fingerprint density at radius 1 is 1.06 bits per heavy atom. The lowest BCUT2D eigenvalue weighted by molar-refractivity contribution is -0.0321. The molecule has 2 fully saturated rings. The van der Waals surface area contributed by atoms with Crippen LogP contribution in [-0.4, -0.2) is 59.0 Å². The molecular formula is C35H40F3N7O2. The Bertz CT molecular complexity index is 1750. The van der Waals surface area contributed by atoms with E-state index in [4.69, 9.17) is 4.74 Å². The number of rotatable bonds is 3. The third-order valence-corrected chi connectivity index (χ3v) is 10.1. The molecule has 8 bridgehead atoms. The Hall–Kier alpha value is -4.08. The quantitative estimate of drug-likeness (QED) is 0.273. The fourth-order valence-corrected chi connectivity index (χ4v) is 7.22. The number of nitriles is 1. The van der Waals surface area contributed by atoms with Crippen LogP contribution in [0.4, 0.5) is 19.0 Å². The maximum absolute atomic E-state index is 16.3. The van der Waals surface area contributed by atoms with Crippen molar-refractivity contribution in [2.45, 2.75) is 74.9 Å². The summed E-state index contributed by atoms with van der Waals surface area (Å²) in [6.07, 6.45) is 6.59. The second-order valence-electron chi connectivity index (χ2n) is 13.0. The number of nitrogens with zero attached hydrogens (tertiary/aromatic N) is 6. The topological polar surface area (TPSA) is 108 Å². The molecule has 0 aliphatic carbocycles. The summed E-state index contributed by atoms with van der Waals surface area (Å²) in [6, 6.07) is 7.88. The zero-order valence-electron chi connectivity index (χ0n) is 26.5. The van der Waals surface area contributed by atoms with E-state index in [2.05, 4.69) is 44.5 Å². The van der Waals surface area contributed by atoms with Gasteiger partial charge in [-0.1, -0.05) is 37.6 Å². The second kappa shape index (κ2) is 13.2. The normalized spacial score (nSPS) is 26.2. The molecule has 4 aliphatic heterocycles. The van der Waals surface area contributed by atoms with Crippen molar-refractivity contribution in [2.75, 3.05) is 38.2 Å². The van der Waals surface area contributed by atoms with Gasteiger partial charge in [-0.05, 0) is 63.4 Å². The molecule has 1 atom stereocenters. The average Bonchev–Trinajstić information content (AvgIpc) is 3.06. The Morgan fingerprint density at radius 3 is 2.49 bits per heavy atom. The standard InChI is InChI=1S/C35H40F3N7O2/c1-3-35(40-2)27-10-8-9-26(29(27)36)34(37,38)12-11-24-20-44(21-24)15-6-4-5-7-16-45-31-25(30(43-35)41-23-42-31)19-28(32(45)46)33(22-39)13-17-47-18-14-33/h3,8-10,19,23-24H,1-2,4-7,11-18,20-21H2,(H,41,42,43)/t35-/m0/s1. The zero-order valence-corrected chi connectivity index (χ0v) is 26.5. The SMILES string of the molecule is C=C[C@]1(N=C)Nc2ncnc3c2cc(C2(C#N)CCOCC2)c(=O)n3CCCCCCN2CC(CCC(F)(F)c3cccc1c3F)C2. The van der Waals surface area contributed by atoms with Crippen LogP contribution in [0.25, 0.3) is 11.0 Å². The van der Waals surface area contributed by atoms with Crippen molar-refractivity contribution in [3.8, 4) is 6.07 Å². The molecule has 0 unspecified atom stereocenters. The van der Waals surface area contributed by atoms with Crippen molar-refractivity contribution < 1.29 is 17.9 Å². The molecule has 2 saturated heterocycles. The summed E-state index contributed by atoms with van der Waals surface area (Å²) >= 11 is 0. The number of ether oxygens (including phenoxy) is 1. The van der Waals surface area contributed by atoms with E-state index in [1.165, 1.54) is 24.5 Å². The van der Waals surface area contributed by atoms with Crippen molar-refractivity contribution in [2.24, 2.45) is 10.9 Å². The van der Waals surface area contributed by atoms with Crippen LogP contribution in [0.5, 0.6) is 0 Å². The molecule has 12 heteroatoms. The molecule has 7 rings (SSSR count). The maximum Gasteiger partial charge on any atom is 0.276 e. The number of benzene rings is 1. The number of aromatic nitrogens is 3. The molecular weight excluding hydrogens is 607 g/mol. The number of anilines is 1. The predicted molar refractivity (Wildman–Crippen MR) is 174 cm³/mol.